The van der Waals surface area contributed by atoms with E-state index in [0.717, 1.165) is 13.0 Å². The van der Waals surface area contributed by atoms with Crippen molar-refractivity contribution in [2.24, 2.45) is 0 Å². The van der Waals surface area contributed by atoms with Gasteiger partial charge in [0.05, 0.1) is 0 Å². The van der Waals surface area contributed by atoms with Crippen LogP contribution < -0.4 is 0 Å². The van der Waals surface area contributed by atoms with Gasteiger partial charge in [-0.2, -0.15) is 0 Å². The Balaban J connectivity index is 3.59. The summed E-state index contributed by atoms with van der Waals surface area (Å²) in [4.78, 5) is 12.5. The quantitative estimate of drug-likeness (QED) is 0.443. The van der Waals surface area contributed by atoms with Gasteiger partial charge in [0.1, 0.15) is 0 Å². The first-order valence-electron chi connectivity index (χ1n) is 3.71. The van der Waals surface area contributed by atoms with Crippen molar-refractivity contribution in [3.63, 3.8) is 0 Å². The standard InChI is InChI=1S/C9H15NO/c1-4-6-7-8-10(3)9(11)5-2/h4-6H,2,7-8H2,1,3H3/b6-4-. The average molecular weight is 153 g/mol. The molecule has 0 radical (unpaired) electrons. The summed E-state index contributed by atoms with van der Waals surface area (Å²) in [5.41, 5.74) is 0. The number of nitrogens with zero attached hydrogens (tertiary/aromatic N) is 1. The highest BCUT2D eigenvalue weighted by Crippen LogP contribution is 1.90. The summed E-state index contributed by atoms with van der Waals surface area (Å²) in [6, 6.07) is 0. The van der Waals surface area contributed by atoms with Crippen LogP contribution in [0.1, 0.15) is 13.3 Å². The Morgan fingerprint density at radius 3 is 2.73 bits per heavy atom. The zero-order chi connectivity index (χ0) is 8.69. The Labute approximate surface area is 68.2 Å². The molecule has 2 nitrogen and oxygen atoms in total. The number of likely N-dealkylation sites (N-methyl/N-ethyl adjacent to an activating group) is 1. The van der Waals surface area contributed by atoms with E-state index in [1.54, 1.807) is 11.9 Å². The number of allylic oxidation sites excluding steroid dienone is 1. The average Bonchev–Trinajstić information content (AvgIpc) is 2.03. The summed E-state index contributed by atoms with van der Waals surface area (Å²) in [6.45, 7) is 6.13. The number of carbonyl (C=O) groups excluding carboxylic acids is 1. The molecule has 0 fully saturated rings. The summed E-state index contributed by atoms with van der Waals surface area (Å²) in [5, 5.41) is 0. The van der Waals surface area contributed by atoms with Crippen LogP contribution in [0.15, 0.2) is 24.8 Å². The molecule has 0 bridgehead atoms. The summed E-state index contributed by atoms with van der Waals surface area (Å²) >= 11 is 0. The zero-order valence-corrected chi connectivity index (χ0v) is 7.21. The highest BCUT2D eigenvalue weighted by Gasteiger charge is 2.00. The van der Waals surface area contributed by atoms with Gasteiger partial charge < -0.3 is 4.90 Å². The van der Waals surface area contributed by atoms with Gasteiger partial charge in [0.2, 0.25) is 5.91 Å². The third-order valence-electron chi connectivity index (χ3n) is 1.42. The molecule has 0 saturated carbocycles. The Hall–Kier alpha value is -1.05. The SMILES string of the molecule is C=CC(=O)N(C)CC/C=C\C. The van der Waals surface area contributed by atoms with Crippen molar-refractivity contribution in [2.75, 3.05) is 13.6 Å². The molecule has 11 heavy (non-hydrogen) atoms. The van der Waals surface area contributed by atoms with Crippen LogP contribution in [0.3, 0.4) is 0 Å². The molecule has 0 aromatic carbocycles. The van der Waals surface area contributed by atoms with E-state index >= 15 is 0 Å². The van der Waals surface area contributed by atoms with Crippen molar-refractivity contribution in [1.29, 1.82) is 0 Å². The first-order chi connectivity index (χ1) is 5.22. The lowest BCUT2D eigenvalue weighted by Gasteiger charge is -2.12. The molecule has 0 aliphatic carbocycles. The van der Waals surface area contributed by atoms with E-state index in [2.05, 4.69) is 6.58 Å². The lowest BCUT2D eigenvalue weighted by Crippen LogP contribution is -2.25. The lowest BCUT2D eigenvalue weighted by molar-refractivity contribution is -0.124. The highest BCUT2D eigenvalue weighted by molar-refractivity contribution is 5.86. The van der Waals surface area contributed by atoms with Crippen LogP contribution in [0.2, 0.25) is 0 Å². The van der Waals surface area contributed by atoms with Crippen molar-refractivity contribution in [3.8, 4) is 0 Å². The van der Waals surface area contributed by atoms with Crippen molar-refractivity contribution in [3.05, 3.63) is 24.8 Å². The van der Waals surface area contributed by atoms with E-state index in [1.807, 2.05) is 19.1 Å². The van der Waals surface area contributed by atoms with Crippen molar-refractivity contribution in [1.82, 2.24) is 4.90 Å². The second-order valence-corrected chi connectivity index (χ2v) is 2.32. The number of carbonyl (C=O) groups is 1. The van der Waals surface area contributed by atoms with Crippen LogP contribution in [0.5, 0.6) is 0 Å². The maximum absolute atomic E-state index is 10.9. The molecule has 0 unspecified atom stereocenters. The van der Waals surface area contributed by atoms with Gasteiger partial charge in [0, 0.05) is 13.6 Å². The minimum atomic E-state index is -0.0190. The van der Waals surface area contributed by atoms with E-state index in [9.17, 15) is 4.79 Å². The van der Waals surface area contributed by atoms with Crippen LogP contribution in [0.25, 0.3) is 0 Å². The van der Waals surface area contributed by atoms with E-state index in [4.69, 9.17) is 0 Å². The highest BCUT2D eigenvalue weighted by atomic mass is 16.2. The first-order valence-corrected chi connectivity index (χ1v) is 3.71. The van der Waals surface area contributed by atoms with E-state index in [-0.39, 0.29) is 5.91 Å². The molecule has 2 heteroatoms. The maximum atomic E-state index is 10.9. The maximum Gasteiger partial charge on any atom is 0.245 e. The summed E-state index contributed by atoms with van der Waals surface area (Å²) in [7, 11) is 1.77. The van der Waals surface area contributed by atoms with Crippen LogP contribution >= 0.6 is 0 Å². The smallest absolute Gasteiger partial charge is 0.245 e. The molecule has 0 aliphatic heterocycles. The summed E-state index contributed by atoms with van der Waals surface area (Å²) in [5.74, 6) is -0.0190. The van der Waals surface area contributed by atoms with Gasteiger partial charge in [0.15, 0.2) is 0 Å². The van der Waals surface area contributed by atoms with Crippen LogP contribution in [0.4, 0.5) is 0 Å². The molecular weight excluding hydrogens is 138 g/mol. The fourth-order valence-electron chi connectivity index (χ4n) is 0.701. The second-order valence-electron chi connectivity index (χ2n) is 2.32. The van der Waals surface area contributed by atoms with Gasteiger partial charge in [-0.05, 0) is 19.4 Å². The predicted octanol–water partition coefficient (Wildman–Crippen LogP) is 1.60. The zero-order valence-electron chi connectivity index (χ0n) is 7.21. The molecule has 0 rings (SSSR count). The molecule has 0 saturated heterocycles. The van der Waals surface area contributed by atoms with Gasteiger partial charge in [-0.25, -0.2) is 0 Å². The van der Waals surface area contributed by atoms with Crippen LogP contribution in [-0.2, 0) is 4.79 Å². The van der Waals surface area contributed by atoms with E-state index in [1.165, 1.54) is 6.08 Å². The molecule has 0 aromatic heterocycles. The Kier molecular flexibility index (Phi) is 5.17. The Morgan fingerprint density at radius 2 is 2.27 bits per heavy atom. The number of amides is 1. The minimum Gasteiger partial charge on any atom is -0.342 e. The van der Waals surface area contributed by atoms with Gasteiger partial charge in [-0.1, -0.05) is 18.7 Å². The van der Waals surface area contributed by atoms with Crippen molar-refractivity contribution in [2.45, 2.75) is 13.3 Å². The third-order valence-corrected chi connectivity index (χ3v) is 1.42. The molecule has 0 heterocycles. The second kappa shape index (κ2) is 5.71. The molecule has 0 aromatic rings. The molecule has 0 aliphatic rings. The predicted molar refractivity (Wildman–Crippen MR) is 47.3 cm³/mol. The largest absolute Gasteiger partial charge is 0.342 e. The van der Waals surface area contributed by atoms with Gasteiger partial charge in [0.25, 0.3) is 0 Å². The van der Waals surface area contributed by atoms with Gasteiger partial charge in [-0.3, -0.25) is 4.79 Å². The third kappa shape index (κ3) is 4.37. The monoisotopic (exact) mass is 153 g/mol. The summed E-state index contributed by atoms with van der Waals surface area (Å²) < 4.78 is 0. The van der Waals surface area contributed by atoms with Gasteiger partial charge >= 0.3 is 0 Å². The fraction of sp³-hybridized carbons (Fsp3) is 0.444. The number of hydrogen-bond donors (Lipinski definition) is 0. The fourth-order valence-corrected chi connectivity index (χ4v) is 0.701. The van der Waals surface area contributed by atoms with E-state index < -0.39 is 0 Å². The summed E-state index contributed by atoms with van der Waals surface area (Å²) in [6.07, 6.45) is 6.25. The molecule has 62 valence electrons. The lowest BCUT2D eigenvalue weighted by atomic mass is 10.3. The van der Waals surface area contributed by atoms with Gasteiger partial charge in [-0.15, -0.1) is 0 Å². The van der Waals surface area contributed by atoms with Crippen LogP contribution in [-0.4, -0.2) is 24.4 Å². The normalized spacial score (nSPS) is 10.0. The Morgan fingerprint density at radius 1 is 1.64 bits per heavy atom. The molecule has 1 amide bonds. The molecule has 0 spiro atoms. The van der Waals surface area contributed by atoms with Crippen molar-refractivity contribution >= 4 is 5.91 Å². The number of hydrogen-bond acceptors (Lipinski definition) is 1. The first kappa shape index (κ1) is 9.95. The molecular formula is C9H15NO. The number of rotatable bonds is 4. The molecule has 0 N–H and O–H groups in total. The topological polar surface area (TPSA) is 20.3 Å². The Bertz CT molecular complexity index is 161. The minimum absolute atomic E-state index is 0.0190. The van der Waals surface area contributed by atoms with Crippen molar-refractivity contribution < 1.29 is 4.79 Å². The van der Waals surface area contributed by atoms with E-state index in [0.29, 0.717) is 0 Å². The van der Waals surface area contributed by atoms with Crippen LogP contribution in [0, 0.1) is 0 Å². The molecule has 0 atom stereocenters.